The van der Waals surface area contributed by atoms with Crippen LogP contribution >= 0.6 is 0 Å². The molecule has 0 aliphatic carbocycles. The summed E-state index contributed by atoms with van der Waals surface area (Å²) in [4.78, 5) is 10.4. The van der Waals surface area contributed by atoms with E-state index in [4.69, 9.17) is 5.11 Å². The van der Waals surface area contributed by atoms with E-state index in [0.29, 0.717) is 6.92 Å². The highest BCUT2D eigenvalue weighted by atomic mass is 19.4. The van der Waals surface area contributed by atoms with E-state index in [9.17, 15) is 48.7 Å². The molecule has 1 N–H and O–H groups in total. The molecule has 0 aliphatic heterocycles. The first-order valence-electron chi connectivity index (χ1n) is 7.21. The molecule has 0 aromatic carbocycles. The van der Waals surface area contributed by atoms with E-state index in [0.717, 1.165) is 0 Å². The van der Waals surface area contributed by atoms with E-state index in [-0.39, 0.29) is 12.8 Å². The lowest BCUT2D eigenvalue weighted by molar-refractivity contribution is -0.395. The van der Waals surface area contributed by atoms with Crippen molar-refractivity contribution in [2.24, 2.45) is 0 Å². The van der Waals surface area contributed by atoms with E-state index in [1.165, 1.54) is 6.92 Å². The summed E-state index contributed by atoms with van der Waals surface area (Å²) in [5, 5.41) is 8.32. The van der Waals surface area contributed by atoms with Crippen LogP contribution in [0, 0.1) is 0 Å². The van der Waals surface area contributed by atoms with Crippen molar-refractivity contribution >= 4 is 5.97 Å². The molecular weight excluding hydrogens is 390 g/mol. The van der Waals surface area contributed by atoms with Crippen molar-refractivity contribution in [3.05, 3.63) is 11.6 Å². The second kappa shape index (κ2) is 7.63. The van der Waals surface area contributed by atoms with Crippen molar-refractivity contribution in [1.82, 2.24) is 0 Å². The number of hydrogen-bond acceptors (Lipinski definition) is 1. The van der Waals surface area contributed by atoms with Crippen molar-refractivity contribution < 1.29 is 53.8 Å². The quantitative estimate of drug-likeness (QED) is 0.284. The number of carbonyl (C=O) groups is 1. The van der Waals surface area contributed by atoms with Crippen molar-refractivity contribution in [3.63, 3.8) is 0 Å². The van der Waals surface area contributed by atoms with Gasteiger partial charge in [0.15, 0.2) is 0 Å². The predicted octanol–water partition coefficient (Wildman–Crippen LogP) is 5.77. The maximum atomic E-state index is 13.5. The van der Waals surface area contributed by atoms with Crippen LogP contribution in [0.1, 0.15) is 39.5 Å². The van der Waals surface area contributed by atoms with E-state index < -0.39 is 60.1 Å². The molecule has 0 amide bonds. The SMILES string of the molecule is CCCCCC(F)(F)C(F)(F)C(F)(F)C(F)(F)C(F)(F)/C=C(\C)C(=O)O. The number of alkyl halides is 10. The van der Waals surface area contributed by atoms with E-state index >= 15 is 0 Å². The average Bonchev–Trinajstić information content (AvgIpc) is 2.45. The first kappa shape index (κ1) is 24.5. The topological polar surface area (TPSA) is 37.3 Å². The van der Waals surface area contributed by atoms with Gasteiger partial charge in [-0.1, -0.05) is 19.8 Å². The molecule has 0 spiro atoms. The molecule has 0 atom stereocenters. The zero-order valence-electron chi connectivity index (χ0n) is 13.5. The van der Waals surface area contributed by atoms with Gasteiger partial charge in [-0.3, -0.25) is 0 Å². The van der Waals surface area contributed by atoms with Gasteiger partial charge in [-0.05, 0) is 13.3 Å². The highest BCUT2D eigenvalue weighted by Crippen LogP contribution is 2.58. The molecule has 0 heterocycles. The highest BCUT2D eigenvalue weighted by molar-refractivity contribution is 5.86. The fourth-order valence-electron chi connectivity index (χ4n) is 1.81. The molecule has 0 saturated heterocycles. The lowest BCUT2D eigenvalue weighted by atomic mass is 9.91. The van der Waals surface area contributed by atoms with Crippen LogP contribution in [0.2, 0.25) is 0 Å². The van der Waals surface area contributed by atoms with Gasteiger partial charge in [-0.2, -0.15) is 43.9 Å². The van der Waals surface area contributed by atoms with E-state index in [1.807, 2.05) is 0 Å². The zero-order chi connectivity index (χ0) is 21.2. The molecule has 0 rings (SSSR count). The lowest BCUT2D eigenvalue weighted by Gasteiger charge is -2.39. The first-order chi connectivity index (χ1) is 11.4. The van der Waals surface area contributed by atoms with Crippen molar-refractivity contribution in [2.45, 2.75) is 69.1 Å². The van der Waals surface area contributed by atoms with Gasteiger partial charge in [0, 0.05) is 18.1 Å². The van der Waals surface area contributed by atoms with Crippen LogP contribution in [0.3, 0.4) is 0 Å². The van der Waals surface area contributed by atoms with Gasteiger partial charge in [0.05, 0.1) is 0 Å². The number of aliphatic carboxylic acids is 1. The molecule has 0 aliphatic rings. The van der Waals surface area contributed by atoms with Crippen LogP contribution < -0.4 is 0 Å². The van der Waals surface area contributed by atoms with Gasteiger partial charge in [-0.15, -0.1) is 0 Å². The summed E-state index contributed by atoms with van der Waals surface area (Å²) >= 11 is 0. The Hall–Kier alpha value is -1.49. The van der Waals surface area contributed by atoms with E-state index in [1.54, 1.807) is 0 Å². The summed E-state index contributed by atoms with van der Waals surface area (Å²) in [6, 6.07) is 0. The fourth-order valence-corrected chi connectivity index (χ4v) is 1.81. The Balaban J connectivity index is 6.01. The minimum atomic E-state index is -7.17. The van der Waals surface area contributed by atoms with Crippen LogP contribution in [0.15, 0.2) is 11.6 Å². The Morgan fingerprint density at radius 1 is 0.846 bits per heavy atom. The highest BCUT2D eigenvalue weighted by Gasteiger charge is 2.85. The second-order valence-electron chi connectivity index (χ2n) is 5.64. The summed E-state index contributed by atoms with van der Waals surface area (Å²) in [6.07, 6.45) is -3.73. The molecule has 0 fully saturated rings. The monoisotopic (exact) mass is 406 g/mol. The van der Waals surface area contributed by atoms with Crippen LogP contribution in [-0.4, -0.2) is 40.7 Å². The van der Waals surface area contributed by atoms with Gasteiger partial charge in [0.25, 0.3) is 0 Å². The molecule has 26 heavy (non-hydrogen) atoms. The van der Waals surface area contributed by atoms with Crippen molar-refractivity contribution in [1.29, 1.82) is 0 Å². The third-order valence-electron chi connectivity index (χ3n) is 3.50. The summed E-state index contributed by atoms with van der Waals surface area (Å²) in [5.41, 5.74) is -1.57. The zero-order valence-corrected chi connectivity index (χ0v) is 13.5. The molecule has 0 aromatic heterocycles. The first-order valence-corrected chi connectivity index (χ1v) is 7.21. The van der Waals surface area contributed by atoms with Crippen LogP contribution in [0.25, 0.3) is 0 Å². The van der Waals surface area contributed by atoms with Gasteiger partial charge >= 0.3 is 35.6 Å². The molecule has 0 saturated carbocycles. The number of hydrogen-bond donors (Lipinski definition) is 1. The molecule has 2 nitrogen and oxygen atoms in total. The Bertz CT molecular complexity index is 540. The van der Waals surface area contributed by atoms with Gasteiger partial charge < -0.3 is 5.11 Å². The van der Waals surface area contributed by atoms with Crippen molar-refractivity contribution in [2.75, 3.05) is 0 Å². The van der Waals surface area contributed by atoms with Crippen molar-refractivity contribution in [3.8, 4) is 0 Å². The van der Waals surface area contributed by atoms with Crippen LogP contribution in [0.4, 0.5) is 43.9 Å². The normalized spacial score (nSPS) is 15.3. The molecule has 0 unspecified atom stereocenters. The predicted molar refractivity (Wildman–Crippen MR) is 70.3 cm³/mol. The molecule has 12 heteroatoms. The summed E-state index contributed by atoms with van der Waals surface area (Å²) in [6.45, 7) is 1.76. The summed E-state index contributed by atoms with van der Waals surface area (Å²) in [5.74, 6) is -35.0. The van der Waals surface area contributed by atoms with Crippen LogP contribution in [0.5, 0.6) is 0 Å². The third kappa shape index (κ3) is 4.25. The molecule has 0 aromatic rings. The maximum absolute atomic E-state index is 13.5. The number of allylic oxidation sites excluding steroid dienone is 1. The summed E-state index contributed by atoms with van der Waals surface area (Å²) < 4.78 is 134. The van der Waals surface area contributed by atoms with Gasteiger partial charge in [0.2, 0.25) is 0 Å². The Morgan fingerprint density at radius 2 is 1.31 bits per heavy atom. The van der Waals surface area contributed by atoms with Gasteiger partial charge in [-0.25, -0.2) is 4.79 Å². The Labute approximate surface area is 141 Å². The molecule has 0 radical (unpaired) electrons. The largest absolute Gasteiger partial charge is 0.478 e. The number of carboxylic acid groups (broad SMARTS) is 1. The molecule has 0 bridgehead atoms. The number of unbranched alkanes of at least 4 members (excludes halogenated alkanes) is 2. The van der Waals surface area contributed by atoms with Gasteiger partial charge in [0.1, 0.15) is 0 Å². The number of halogens is 10. The Morgan fingerprint density at radius 3 is 1.69 bits per heavy atom. The third-order valence-corrected chi connectivity index (χ3v) is 3.50. The minimum Gasteiger partial charge on any atom is -0.478 e. The van der Waals surface area contributed by atoms with Crippen LogP contribution in [-0.2, 0) is 4.79 Å². The standard InChI is InChI=1S/C14H16F10O2/c1-3-4-5-6-10(15,16)12(19,20)14(23,24)13(21,22)11(17,18)7-8(2)9(25)26/h7H,3-6H2,1-2H3,(H,25,26)/b8-7+. The van der Waals surface area contributed by atoms with E-state index in [2.05, 4.69) is 0 Å². The fraction of sp³-hybridized carbons (Fsp3) is 0.786. The molecule has 154 valence electrons. The average molecular weight is 406 g/mol. The lowest BCUT2D eigenvalue weighted by Crippen LogP contribution is -2.66. The summed E-state index contributed by atoms with van der Waals surface area (Å²) in [7, 11) is 0. The minimum absolute atomic E-state index is 0.107. The molecular formula is C14H16F10O2. The second-order valence-corrected chi connectivity index (χ2v) is 5.64. The smallest absolute Gasteiger partial charge is 0.384 e. The Kier molecular flexibility index (Phi) is 7.19. The maximum Gasteiger partial charge on any atom is 0.384 e. The number of rotatable bonds is 10. The number of carboxylic acids is 1.